The maximum Gasteiger partial charge on any atom is 0.276 e. The number of carbonyl (C=O) groups excluding carboxylic acids is 1. The van der Waals surface area contributed by atoms with E-state index in [1.165, 1.54) is 6.33 Å². The first kappa shape index (κ1) is 12.6. The summed E-state index contributed by atoms with van der Waals surface area (Å²) in [6, 6.07) is 0. The predicted molar refractivity (Wildman–Crippen MR) is 69.9 cm³/mol. The first-order valence-corrected chi connectivity index (χ1v) is 6.72. The monoisotopic (exact) mass is 293 g/mol. The number of aliphatic hydroxyl groups is 2. The van der Waals surface area contributed by atoms with Gasteiger partial charge in [-0.05, 0) is 0 Å². The molecule has 4 heterocycles. The van der Waals surface area contributed by atoms with Gasteiger partial charge in [-0.15, -0.1) is 0 Å². The van der Waals surface area contributed by atoms with E-state index in [2.05, 4.69) is 15.6 Å². The lowest BCUT2D eigenvalue weighted by atomic mass is 10.2. The number of nitrogens with zero attached hydrogens (tertiary/aromatic N) is 3. The second-order valence-corrected chi connectivity index (χ2v) is 5.20. The number of fused-ring (bicyclic) bond motifs is 3. The molecule has 21 heavy (non-hydrogen) atoms. The van der Waals surface area contributed by atoms with Crippen molar-refractivity contribution in [1.29, 1.82) is 0 Å². The molecule has 0 radical (unpaired) electrons. The lowest BCUT2D eigenvalue weighted by Gasteiger charge is -2.32. The molecule has 0 bridgehead atoms. The van der Waals surface area contributed by atoms with Gasteiger partial charge in [0.15, 0.2) is 17.8 Å². The van der Waals surface area contributed by atoms with E-state index in [1.54, 1.807) is 17.0 Å². The van der Waals surface area contributed by atoms with Gasteiger partial charge >= 0.3 is 0 Å². The summed E-state index contributed by atoms with van der Waals surface area (Å²) in [6.45, 7) is -0.247. The van der Waals surface area contributed by atoms with Crippen LogP contribution in [0.3, 0.4) is 0 Å². The van der Waals surface area contributed by atoms with Crippen molar-refractivity contribution in [1.82, 2.24) is 20.2 Å². The molecule has 3 aliphatic heterocycles. The predicted octanol–water partition coefficient (Wildman–Crippen LogP) is -1.57. The maximum absolute atomic E-state index is 12.0. The van der Waals surface area contributed by atoms with E-state index in [4.69, 9.17) is 4.74 Å². The minimum absolute atomic E-state index is 0.247. The lowest BCUT2D eigenvalue weighted by molar-refractivity contribution is -0.0439. The Hall–Kier alpha value is -2.10. The van der Waals surface area contributed by atoms with Crippen LogP contribution in [0.15, 0.2) is 18.7 Å². The number of amides is 1. The van der Waals surface area contributed by atoms with Gasteiger partial charge in [-0.1, -0.05) is 0 Å². The number of hydrogen-bond acceptors (Lipinski definition) is 7. The van der Waals surface area contributed by atoms with E-state index in [0.717, 1.165) is 0 Å². The Kier molecular flexibility index (Phi) is 2.67. The molecule has 1 fully saturated rings. The molecule has 4 rings (SSSR count). The number of carbonyl (C=O) groups is 1. The quantitative estimate of drug-likeness (QED) is 0.521. The molecule has 4 N–H and O–H groups in total. The van der Waals surface area contributed by atoms with E-state index in [9.17, 15) is 15.0 Å². The zero-order chi connectivity index (χ0) is 14.6. The van der Waals surface area contributed by atoms with E-state index in [0.29, 0.717) is 17.9 Å². The van der Waals surface area contributed by atoms with Crippen molar-refractivity contribution in [2.75, 3.05) is 11.5 Å². The van der Waals surface area contributed by atoms with E-state index < -0.39 is 18.4 Å². The fourth-order valence-corrected chi connectivity index (χ4v) is 2.91. The highest BCUT2D eigenvalue weighted by molar-refractivity contribution is 5.99. The number of imidazole rings is 1. The fraction of sp³-hybridized carbons (Fsp3) is 0.500. The third kappa shape index (κ3) is 1.75. The molecule has 3 aliphatic rings. The normalized spacial score (nSPS) is 33.6. The van der Waals surface area contributed by atoms with Crippen LogP contribution in [0.1, 0.15) is 23.1 Å². The third-order valence-electron chi connectivity index (χ3n) is 3.96. The molecule has 9 nitrogen and oxygen atoms in total. The van der Waals surface area contributed by atoms with Crippen LogP contribution >= 0.6 is 0 Å². The van der Waals surface area contributed by atoms with Crippen LogP contribution in [0, 0.1) is 0 Å². The van der Waals surface area contributed by atoms with Crippen LogP contribution in [0.5, 0.6) is 0 Å². The van der Waals surface area contributed by atoms with Gasteiger partial charge in [-0.3, -0.25) is 14.3 Å². The van der Waals surface area contributed by atoms with Crippen molar-refractivity contribution >= 4 is 11.7 Å². The summed E-state index contributed by atoms with van der Waals surface area (Å²) in [5.41, 5.74) is 0.310. The molecule has 1 amide bonds. The topological polar surface area (TPSA) is 112 Å². The summed E-state index contributed by atoms with van der Waals surface area (Å²) in [5.74, 6) is 0.347. The Labute approximate surface area is 119 Å². The Morgan fingerprint density at radius 1 is 1.52 bits per heavy atom. The molecular formula is C12H15N5O4. The smallest absolute Gasteiger partial charge is 0.276 e. The molecule has 112 valence electrons. The van der Waals surface area contributed by atoms with Crippen molar-refractivity contribution in [2.45, 2.75) is 31.1 Å². The number of anilines is 1. The summed E-state index contributed by atoms with van der Waals surface area (Å²) in [6.07, 6.45) is 3.23. The van der Waals surface area contributed by atoms with Crippen molar-refractivity contribution in [3.05, 3.63) is 24.4 Å². The minimum Gasteiger partial charge on any atom is -0.394 e. The number of aliphatic hydroxyl groups excluding tert-OH is 2. The van der Waals surface area contributed by atoms with Crippen LogP contribution in [-0.2, 0) is 4.74 Å². The highest BCUT2D eigenvalue weighted by atomic mass is 16.5. The molecule has 0 spiro atoms. The van der Waals surface area contributed by atoms with Crippen LogP contribution < -0.4 is 15.5 Å². The van der Waals surface area contributed by atoms with Gasteiger partial charge in [0.05, 0.1) is 19.0 Å². The Morgan fingerprint density at radius 2 is 2.38 bits per heavy atom. The summed E-state index contributed by atoms with van der Waals surface area (Å²) >= 11 is 0. The lowest BCUT2D eigenvalue weighted by Crippen LogP contribution is -2.54. The fourth-order valence-electron chi connectivity index (χ4n) is 2.91. The van der Waals surface area contributed by atoms with Crippen LogP contribution in [-0.4, -0.2) is 50.8 Å². The summed E-state index contributed by atoms with van der Waals surface area (Å²) in [7, 11) is 0. The molecule has 9 heteroatoms. The second kappa shape index (κ2) is 4.45. The summed E-state index contributed by atoms with van der Waals surface area (Å²) in [5, 5.41) is 24.8. The largest absolute Gasteiger partial charge is 0.394 e. The van der Waals surface area contributed by atoms with Gasteiger partial charge in [-0.2, -0.15) is 0 Å². The van der Waals surface area contributed by atoms with Crippen molar-refractivity contribution < 1.29 is 19.7 Å². The van der Waals surface area contributed by atoms with E-state index in [-0.39, 0.29) is 18.8 Å². The van der Waals surface area contributed by atoms with Gasteiger partial charge in [0, 0.05) is 18.8 Å². The van der Waals surface area contributed by atoms with Crippen molar-refractivity contribution in [3.8, 4) is 0 Å². The zero-order valence-corrected chi connectivity index (χ0v) is 11.0. The van der Waals surface area contributed by atoms with Crippen molar-refractivity contribution in [3.63, 3.8) is 0 Å². The average molecular weight is 293 g/mol. The number of hydrogen-bond donors (Lipinski definition) is 4. The van der Waals surface area contributed by atoms with E-state index in [1.807, 2.05) is 4.90 Å². The standard InChI is InChI=1S/C12H15N5O4/c18-4-7-6(19)3-8(21-7)17-5-14-9-10(20)15-12-13-1-2-16(12)11(9)17/h1-2,5-8,12-13,18-19H,3-4H2,(H,15,20)/t6-,7+,8+,12?/m0/s1. The molecule has 0 aliphatic carbocycles. The Morgan fingerprint density at radius 3 is 3.14 bits per heavy atom. The number of rotatable bonds is 2. The van der Waals surface area contributed by atoms with Crippen molar-refractivity contribution in [2.24, 2.45) is 0 Å². The molecule has 1 unspecified atom stereocenters. The summed E-state index contributed by atoms with van der Waals surface area (Å²) in [4.78, 5) is 18.0. The third-order valence-corrected chi connectivity index (χ3v) is 3.96. The average Bonchev–Trinajstić information content (AvgIpc) is 3.14. The SMILES string of the molecule is O=C1NC2NC=CN2c2c1ncn2[C@H]1C[C@H](O)[C@@H](CO)O1. The first-order chi connectivity index (χ1) is 10.2. The van der Waals surface area contributed by atoms with Gasteiger partial charge in [-0.25, -0.2) is 4.98 Å². The Balaban J connectivity index is 1.72. The molecule has 4 atom stereocenters. The highest BCUT2D eigenvalue weighted by Crippen LogP contribution is 2.35. The zero-order valence-electron chi connectivity index (χ0n) is 11.0. The minimum atomic E-state index is -0.737. The molecule has 1 aromatic rings. The number of aromatic nitrogens is 2. The maximum atomic E-state index is 12.0. The molecule has 1 aromatic heterocycles. The molecule has 1 saturated heterocycles. The van der Waals surface area contributed by atoms with Crippen LogP contribution in [0.2, 0.25) is 0 Å². The molecule has 0 saturated carbocycles. The van der Waals surface area contributed by atoms with Gasteiger partial charge in [0.1, 0.15) is 12.3 Å². The van der Waals surface area contributed by atoms with E-state index >= 15 is 0 Å². The first-order valence-electron chi connectivity index (χ1n) is 6.72. The van der Waals surface area contributed by atoms with Gasteiger partial charge < -0.3 is 25.6 Å². The second-order valence-electron chi connectivity index (χ2n) is 5.20. The number of ether oxygens (including phenoxy) is 1. The van der Waals surface area contributed by atoms with Crippen LogP contribution in [0.4, 0.5) is 5.82 Å². The highest BCUT2D eigenvalue weighted by Gasteiger charge is 2.40. The van der Waals surface area contributed by atoms with Gasteiger partial charge in [0.25, 0.3) is 5.91 Å². The Bertz CT molecular complexity index is 615. The molecular weight excluding hydrogens is 278 g/mol. The number of nitrogens with one attached hydrogen (secondary N) is 2. The van der Waals surface area contributed by atoms with Gasteiger partial charge in [0.2, 0.25) is 0 Å². The summed E-state index contributed by atoms with van der Waals surface area (Å²) < 4.78 is 7.36. The van der Waals surface area contributed by atoms with Crippen LogP contribution in [0.25, 0.3) is 0 Å². The molecule has 0 aromatic carbocycles.